The number of carbonyl (C=O) groups excluding carboxylic acids is 1. The molecule has 1 atom stereocenters. The minimum atomic E-state index is 0.166. The maximum Gasteiger partial charge on any atom is 0.220 e. The van der Waals surface area contributed by atoms with Crippen LogP contribution in [-0.4, -0.2) is 17.4 Å². The van der Waals surface area contributed by atoms with Gasteiger partial charge in [-0.05, 0) is 25.2 Å². The number of nitrogens with one attached hydrogen (secondary N) is 1. The Morgan fingerprint density at radius 3 is 3.17 bits per heavy atom. The van der Waals surface area contributed by atoms with Gasteiger partial charge in [-0.3, -0.25) is 4.79 Å². The van der Waals surface area contributed by atoms with Gasteiger partial charge in [0.15, 0.2) is 0 Å². The first-order valence-corrected chi connectivity index (χ1v) is 7.46. The van der Waals surface area contributed by atoms with E-state index in [2.05, 4.69) is 29.4 Å². The molecule has 1 N–H and O–H groups in total. The van der Waals surface area contributed by atoms with Crippen LogP contribution in [0.5, 0.6) is 0 Å². The molecule has 0 spiro atoms. The third-order valence-corrected chi connectivity index (χ3v) is 4.37. The quantitative estimate of drug-likeness (QED) is 0.803. The fraction of sp³-hybridized carbons (Fsp3) is 0.571. The van der Waals surface area contributed by atoms with E-state index in [1.165, 1.54) is 4.88 Å². The number of carbonyl (C=O) groups is 1. The minimum absolute atomic E-state index is 0.166. The number of hydrogen-bond acceptors (Lipinski definition) is 3. The van der Waals surface area contributed by atoms with Crippen molar-refractivity contribution in [2.75, 3.05) is 6.54 Å². The fourth-order valence-electron chi connectivity index (χ4n) is 2.11. The Hall–Kier alpha value is -1.16. The molecular formula is C14H20N2OS. The predicted molar refractivity (Wildman–Crippen MR) is 74.7 cm³/mol. The van der Waals surface area contributed by atoms with Gasteiger partial charge in [0.25, 0.3) is 0 Å². The third kappa shape index (κ3) is 3.95. The second kappa shape index (κ2) is 6.69. The summed E-state index contributed by atoms with van der Waals surface area (Å²) in [6.45, 7) is 2.83. The second-order valence-electron chi connectivity index (χ2n) is 4.64. The van der Waals surface area contributed by atoms with Crippen molar-refractivity contribution in [3.8, 4) is 0 Å². The van der Waals surface area contributed by atoms with Crippen LogP contribution in [-0.2, 0) is 17.6 Å². The monoisotopic (exact) mass is 264 g/mol. The van der Waals surface area contributed by atoms with Gasteiger partial charge in [0.1, 0.15) is 0 Å². The highest BCUT2D eigenvalue weighted by Gasteiger charge is 2.13. The Balaban J connectivity index is 1.65. The average molecular weight is 264 g/mol. The molecule has 3 nitrogen and oxygen atoms in total. The summed E-state index contributed by atoms with van der Waals surface area (Å²) in [7, 11) is 0. The predicted octanol–water partition coefficient (Wildman–Crippen LogP) is 2.72. The van der Waals surface area contributed by atoms with Gasteiger partial charge < -0.3 is 5.32 Å². The van der Waals surface area contributed by atoms with Crippen molar-refractivity contribution in [2.45, 2.75) is 39.0 Å². The molecule has 1 aliphatic rings. The highest BCUT2D eigenvalue weighted by atomic mass is 32.1. The third-order valence-electron chi connectivity index (χ3n) is 3.17. The van der Waals surface area contributed by atoms with E-state index in [0.29, 0.717) is 18.9 Å². The molecule has 1 amide bonds. The van der Waals surface area contributed by atoms with Crippen LogP contribution in [0, 0.1) is 5.92 Å². The number of thiazole rings is 1. The summed E-state index contributed by atoms with van der Waals surface area (Å²) in [6.07, 6.45) is 11.0. The van der Waals surface area contributed by atoms with Crippen molar-refractivity contribution in [3.05, 3.63) is 28.2 Å². The molecule has 0 fully saturated rings. The molecule has 0 bridgehead atoms. The molecule has 1 aliphatic carbocycles. The van der Waals surface area contributed by atoms with E-state index < -0.39 is 0 Å². The Morgan fingerprint density at radius 1 is 1.61 bits per heavy atom. The number of aromatic nitrogens is 1. The van der Waals surface area contributed by atoms with Crippen molar-refractivity contribution in [1.29, 1.82) is 0 Å². The van der Waals surface area contributed by atoms with Gasteiger partial charge in [0, 0.05) is 30.5 Å². The Bertz CT molecular complexity index is 425. The zero-order chi connectivity index (χ0) is 12.8. The minimum Gasteiger partial charge on any atom is -0.356 e. The summed E-state index contributed by atoms with van der Waals surface area (Å²) < 4.78 is 0. The first-order valence-electron chi connectivity index (χ1n) is 6.65. The molecule has 1 aromatic heterocycles. The number of allylic oxidation sites excluding steroid dienone is 2. The van der Waals surface area contributed by atoms with E-state index in [1.54, 1.807) is 11.3 Å². The summed E-state index contributed by atoms with van der Waals surface area (Å²) in [4.78, 5) is 17.3. The van der Waals surface area contributed by atoms with Crippen LogP contribution in [0.1, 0.15) is 36.1 Å². The lowest BCUT2D eigenvalue weighted by Crippen LogP contribution is -2.26. The number of aryl methyl sites for hydroxylation is 1. The van der Waals surface area contributed by atoms with Crippen LogP contribution >= 0.6 is 11.3 Å². The Kier molecular flexibility index (Phi) is 4.93. The smallest absolute Gasteiger partial charge is 0.220 e. The van der Waals surface area contributed by atoms with Crippen molar-refractivity contribution in [1.82, 2.24) is 10.3 Å². The zero-order valence-electron chi connectivity index (χ0n) is 10.8. The van der Waals surface area contributed by atoms with Crippen LogP contribution < -0.4 is 5.32 Å². The van der Waals surface area contributed by atoms with Crippen LogP contribution in [0.4, 0.5) is 0 Å². The van der Waals surface area contributed by atoms with Gasteiger partial charge in [-0.15, -0.1) is 11.3 Å². The van der Waals surface area contributed by atoms with E-state index in [4.69, 9.17) is 0 Å². The van der Waals surface area contributed by atoms with Crippen LogP contribution in [0.3, 0.4) is 0 Å². The van der Waals surface area contributed by atoms with E-state index in [0.717, 1.165) is 30.7 Å². The molecular weight excluding hydrogens is 244 g/mol. The summed E-state index contributed by atoms with van der Waals surface area (Å²) in [5.74, 6) is 0.621. The van der Waals surface area contributed by atoms with Crippen molar-refractivity contribution in [3.63, 3.8) is 0 Å². The maximum atomic E-state index is 11.7. The molecule has 0 saturated carbocycles. The molecule has 0 aromatic carbocycles. The number of nitrogens with zero attached hydrogens (tertiary/aromatic N) is 1. The molecule has 1 heterocycles. The molecule has 4 heteroatoms. The van der Waals surface area contributed by atoms with Gasteiger partial charge in [-0.25, -0.2) is 4.98 Å². The normalized spacial score (nSPS) is 18.2. The van der Waals surface area contributed by atoms with E-state index >= 15 is 0 Å². The standard InChI is InChI=1S/C14H20N2OS/c1-2-12-10-16-14(18-12)7-8-15-13(17)9-11-5-3-4-6-11/h3,5,10-11H,2,4,6-9H2,1H3,(H,15,17)/t11-/m0/s1. The molecule has 0 aliphatic heterocycles. The molecule has 1 aromatic rings. The fourth-order valence-corrected chi connectivity index (χ4v) is 2.97. The Morgan fingerprint density at radius 2 is 2.50 bits per heavy atom. The lowest BCUT2D eigenvalue weighted by Gasteiger charge is -2.07. The summed E-state index contributed by atoms with van der Waals surface area (Å²) in [5.41, 5.74) is 0. The average Bonchev–Trinajstić information content (AvgIpc) is 3.00. The van der Waals surface area contributed by atoms with Gasteiger partial charge in [0.05, 0.1) is 5.01 Å². The topological polar surface area (TPSA) is 42.0 Å². The van der Waals surface area contributed by atoms with Gasteiger partial charge in [-0.1, -0.05) is 19.1 Å². The van der Waals surface area contributed by atoms with Crippen molar-refractivity contribution in [2.24, 2.45) is 5.92 Å². The van der Waals surface area contributed by atoms with Gasteiger partial charge in [-0.2, -0.15) is 0 Å². The van der Waals surface area contributed by atoms with E-state index in [-0.39, 0.29) is 5.91 Å². The number of hydrogen-bond donors (Lipinski definition) is 1. The molecule has 18 heavy (non-hydrogen) atoms. The lowest BCUT2D eigenvalue weighted by atomic mass is 10.1. The van der Waals surface area contributed by atoms with Gasteiger partial charge >= 0.3 is 0 Å². The number of amides is 1. The van der Waals surface area contributed by atoms with Crippen LogP contribution in [0.15, 0.2) is 18.3 Å². The summed E-state index contributed by atoms with van der Waals surface area (Å²) in [5, 5.41) is 4.10. The SMILES string of the molecule is CCc1cnc(CCNC(=O)C[C@H]2C=CCC2)s1. The Labute approximate surface area is 112 Å². The first-order chi connectivity index (χ1) is 8.78. The number of rotatable bonds is 6. The zero-order valence-corrected chi connectivity index (χ0v) is 11.6. The molecule has 98 valence electrons. The highest BCUT2D eigenvalue weighted by Crippen LogP contribution is 2.20. The van der Waals surface area contributed by atoms with Crippen molar-refractivity contribution >= 4 is 17.2 Å². The largest absolute Gasteiger partial charge is 0.356 e. The van der Waals surface area contributed by atoms with Crippen molar-refractivity contribution < 1.29 is 4.79 Å². The molecule has 0 unspecified atom stereocenters. The summed E-state index contributed by atoms with van der Waals surface area (Å²) in [6, 6.07) is 0. The molecule has 0 saturated heterocycles. The first kappa shape index (κ1) is 13.3. The second-order valence-corrected chi connectivity index (χ2v) is 5.84. The molecule has 2 rings (SSSR count). The van der Waals surface area contributed by atoms with Gasteiger partial charge in [0.2, 0.25) is 5.91 Å². The van der Waals surface area contributed by atoms with Crippen LogP contribution in [0.25, 0.3) is 0 Å². The van der Waals surface area contributed by atoms with Crippen LogP contribution in [0.2, 0.25) is 0 Å². The molecule has 0 radical (unpaired) electrons. The summed E-state index contributed by atoms with van der Waals surface area (Å²) >= 11 is 1.74. The lowest BCUT2D eigenvalue weighted by molar-refractivity contribution is -0.121. The van der Waals surface area contributed by atoms with E-state index in [1.807, 2.05) is 6.20 Å². The highest BCUT2D eigenvalue weighted by molar-refractivity contribution is 7.11. The van der Waals surface area contributed by atoms with E-state index in [9.17, 15) is 4.79 Å². The maximum absolute atomic E-state index is 11.7.